The van der Waals surface area contributed by atoms with Gasteiger partial charge in [-0.15, -0.1) is 0 Å². The molecule has 2 aliphatic heterocycles. The Labute approximate surface area is 154 Å². The standard InChI is InChI=1S/C20H26N2O4/c23-19(14-15-5-6-17-18(13-15)26-12-11-25-17)21-7-9-22(10-8-21)20(24)16-3-1-2-4-16/h5-6,13,16H,1-4,7-12,14H2. The lowest BCUT2D eigenvalue weighted by Crippen LogP contribution is -2.52. The topological polar surface area (TPSA) is 59.1 Å². The first-order valence-corrected chi connectivity index (χ1v) is 9.66. The molecule has 0 spiro atoms. The SMILES string of the molecule is O=C(Cc1ccc2c(c1)OCCO2)N1CCN(C(=O)C2CCCC2)CC1. The van der Waals surface area contributed by atoms with Gasteiger partial charge in [-0.25, -0.2) is 0 Å². The van der Waals surface area contributed by atoms with Gasteiger partial charge in [-0.05, 0) is 30.5 Å². The number of rotatable bonds is 3. The van der Waals surface area contributed by atoms with Gasteiger partial charge in [0, 0.05) is 32.1 Å². The van der Waals surface area contributed by atoms with Crippen LogP contribution in [-0.4, -0.2) is 61.0 Å². The van der Waals surface area contributed by atoms with Crippen LogP contribution in [-0.2, 0) is 16.0 Å². The zero-order valence-corrected chi connectivity index (χ0v) is 15.1. The van der Waals surface area contributed by atoms with Gasteiger partial charge in [0.15, 0.2) is 11.5 Å². The van der Waals surface area contributed by atoms with Gasteiger partial charge in [-0.2, -0.15) is 0 Å². The summed E-state index contributed by atoms with van der Waals surface area (Å²) in [6.45, 7) is 3.67. The summed E-state index contributed by atoms with van der Waals surface area (Å²) in [6.07, 6.45) is 4.76. The molecule has 140 valence electrons. The molecule has 1 saturated heterocycles. The largest absolute Gasteiger partial charge is 0.486 e. The highest BCUT2D eigenvalue weighted by Gasteiger charge is 2.30. The molecule has 2 heterocycles. The average Bonchev–Trinajstić information content (AvgIpc) is 3.22. The highest BCUT2D eigenvalue weighted by Crippen LogP contribution is 2.31. The van der Waals surface area contributed by atoms with E-state index in [1.54, 1.807) is 0 Å². The van der Waals surface area contributed by atoms with Gasteiger partial charge in [0.2, 0.25) is 11.8 Å². The Kier molecular flexibility index (Phi) is 5.00. The minimum Gasteiger partial charge on any atom is -0.486 e. The Morgan fingerprint density at radius 1 is 0.923 bits per heavy atom. The quantitative estimate of drug-likeness (QED) is 0.828. The fourth-order valence-electron chi connectivity index (χ4n) is 4.09. The fourth-order valence-corrected chi connectivity index (χ4v) is 4.09. The molecule has 3 aliphatic rings. The number of piperazine rings is 1. The van der Waals surface area contributed by atoms with Crippen molar-refractivity contribution < 1.29 is 19.1 Å². The fraction of sp³-hybridized carbons (Fsp3) is 0.600. The molecule has 4 rings (SSSR count). The molecule has 0 N–H and O–H groups in total. The summed E-state index contributed by atoms with van der Waals surface area (Å²) in [6, 6.07) is 5.69. The van der Waals surface area contributed by atoms with E-state index in [2.05, 4.69) is 0 Å². The average molecular weight is 358 g/mol. The Morgan fingerprint density at radius 3 is 2.31 bits per heavy atom. The van der Waals surface area contributed by atoms with Crippen molar-refractivity contribution in [3.05, 3.63) is 23.8 Å². The molecule has 1 saturated carbocycles. The van der Waals surface area contributed by atoms with Crippen molar-refractivity contribution in [2.45, 2.75) is 32.1 Å². The normalized spacial score (nSPS) is 20.3. The van der Waals surface area contributed by atoms with Crippen LogP contribution in [0, 0.1) is 5.92 Å². The zero-order valence-electron chi connectivity index (χ0n) is 15.1. The maximum atomic E-state index is 12.6. The summed E-state index contributed by atoms with van der Waals surface area (Å²) in [5.41, 5.74) is 0.934. The number of amides is 2. The Morgan fingerprint density at radius 2 is 1.58 bits per heavy atom. The third-order valence-corrected chi connectivity index (χ3v) is 5.61. The van der Waals surface area contributed by atoms with E-state index in [4.69, 9.17) is 9.47 Å². The number of benzene rings is 1. The minimum absolute atomic E-state index is 0.106. The predicted molar refractivity (Wildman–Crippen MR) is 96.3 cm³/mol. The molecule has 6 nitrogen and oxygen atoms in total. The molecule has 1 aliphatic carbocycles. The number of carbonyl (C=O) groups is 2. The second-order valence-electron chi connectivity index (χ2n) is 7.34. The smallest absolute Gasteiger partial charge is 0.227 e. The number of hydrogen-bond acceptors (Lipinski definition) is 4. The second kappa shape index (κ2) is 7.56. The number of carbonyl (C=O) groups excluding carboxylic acids is 2. The lowest BCUT2D eigenvalue weighted by Gasteiger charge is -2.36. The highest BCUT2D eigenvalue weighted by atomic mass is 16.6. The predicted octanol–water partition coefficient (Wildman–Crippen LogP) is 1.86. The molecule has 26 heavy (non-hydrogen) atoms. The molecular weight excluding hydrogens is 332 g/mol. The monoisotopic (exact) mass is 358 g/mol. The molecule has 0 radical (unpaired) electrons. The van der Waals surface area contributed by atoms with E-state index in [9.17, 15) is 9.59 Å². The maximum absolute atomic E-state index is 12.6. The van der Waals surface area contributed by atoms with Crippen molar-refractivity contribution in [2.24, 2.45) is 5.92 Å². The van der Waals surface area contributed by atoms with Gasteiger partial charge in [0.05, 0.1) is 6.42 Å². The van der Waals surface area contributed by atoms with Crippen molar-refractivity contribution in [3.8, 4) is 11.5 Å². The van der Waals surface area contributed by atoms with E-state index in [1.807, 2.05) is 28.0 Å². The first kappa shape index (κ1) is 17.2. The number of hydrogen-bond donors (Lipinski definition) is 0. The van der Waals surface area contributed by atoms with Crippen LogP contribution in [0.2, 0.25) is 0 Å². The van der Waals surface area contributed by atoms with Crippen molar-refractivity contribution in [1.29, 1.82) is 0 Å². The van der Waals surface area contributed by atoms with Gasteiger partial charge < -0.3 is 19.3 Å². The second-order valence-corrected chi connectivity index (χ2v) is 7.34. The van der Waals surface area contributed by atoms with E-state index < -0.39 is 0 Å². The first-order valence-electron chi connectivity index (χ1n) is 9.66. The summed E-state index contributed by atoms with van der Waals surface area (Å²) in [7, 11) is 0. The van der Waals surface area contributed by atoms with Gasteiger partial charge in [-0.3, -0.25) is 9.59 Å². The lowest BCUT2D eigenvalue weighted by atomic mass is 10.1. The highest BCUT2D eigenvalue weighted by molar-refractivity contribution is 5.81. The number of fused-ring (bicyclic) bond motifs is 1. The molecule has 6 heteroatoms. The molecule has 0 bridgehead atoms. The lowest BCUT2D eigenvalue weighted by molar-refractivity contribution is -0.141. The van der Waals surface area contributed by atoms with Gasteiger partial charge >= 0.3 is 0 Å². The Balaban J connectivity index is 1.30. The Bertz CT molecular complexity index is 676. The molecule has 0 unspecified atom stereocenters. The molecule has 0 aromatic heterocycles. The van der Waals surface area contributed by atoms with E-state index in [0.717, 1.165) is 24.2 Å². The van der Waals surface area contributed by atoms with E-state index in [-0.39, 0.29) is 11.8 Å². The summed E-state index contributed by atoms with van der Waals surface area (Å²) in [4.78, 5) is 28.9. The number of ether oxygens (including phenoxy) is 2. The zero-order chi connectivity index (χ0) is 17.9. The van der Waals surface area contributed by atoms with Crippen LogP contribution in [0.4, 0.5) is 0 Å². The summed E-state index contributed by atoms with van der Waals surface area (Å²) in [5.74, 6) is 2.08. The molecule has 1 aromatic carbocycles. The summed E-state index contributed by atoms with van der Waals surface area (Å²) < 4.78 is 11.1. The third-order valence-electron chi connectivity index (χ3n) is 5.61. The molecule has 2 amide bonds. The summed E-state index contributed by atoms with van der Waals surface area (Å²) >= 11 is 0. The van der Waals surface area contributed by atoms with Crippen molar-refractivity contribution in [2.75, 3.05) is 39.4 Å². The van der Waals surface area contributed by atoms with Crippen LogP contribution >= 0.6 is 0 Å². The summed E-state index contributed by atoms with van der Waals surface area (Å²) in [5, 5.41) is 0. The van der Waals surface area contributed by atoms with Gasteiger partial charge in [0.1, 0.15) is 13.2 Å². The van der Waals surface area contributed by atoms with E-state index >= 15 is 0 Å². The number of nitrogens with zero attached hydrogens (tertiary/aromatic N) is 2. The van der Waals surface area contributed by atoms with E-state index in [1.165, 1.54) is 12.8 Å². The molecular formula is C20H26N2O4. The maximum Gasteiger partial charge on any atom is 0.227 e. The van der Waals surface area contributed by atoms with Gasteiger partial charge in [-0.1, -0.05) is 18.9 Å². The van der Waals surface area contributed by atoms with Crippen molar-refractivity contribution in [3.63, 3.8) is 0 Å². The van der Waals surface area contributed by atoms with Crippen LogP contribution in [0.25, 0.3) is 0 Å². The third kappa shape index (κ3) is 3.64. The van der Waals surface area contributed by atoms with Crippen LogP contribution in [0.5, 0.6) is 11.5 Å². The van der Waals surface area contributed by atoms with Crippen LogP contribution < -0.4 is 9.47 Å². The van der Waals surface area contributed by atoms with Crippen LogP contribution in [0.15, 0.2) is 18.2 Å². The van der Waals surface area contributed by atoms with Gasteiger partial charge in [0.25, 0.3) is 0 Å². The Hall–Kier alpha value is -2.24. The minimum atomic E-state index is 0.106. The van der Waals surface area contributed by atoms with Crippen LogP contribution in [0.1, 0.15) is 31.2 Å². The first-order chi connectivity index (χ1) is 12.7. The van der Waals surface area contributed by atoms with Crippen LogP contribution in [0.3, 0.4) is 0 Å². The van der Waals surface area contributed by atoms with E-state index in [0.29, 0.717) is 57.5 Å². The molecule has 1 aromatic rings. The van der Waals surface area contributed by atoms with Crippen molar-refractivity contribution in [1.82, 2.24) is 9.80 Å². The van der Waals surface area contributed by atoms with Crippen molar-refractivity contribution >= 4 is 11.8 Å². The molecule has 2 fully saturated rings. The molecule has 0 atom stereocenters.